The summed E-state index contributed by atoms with van der Waals surface area (Å²) < 4.78 is 50.9. The zero-order valence-electron chi connectivity index (χ0n) is 18.0. The highest BCUT2D eigenvalue weighted by molar-refractivity contribution is 6.29. The number of rotatable bonds is 5. The standard InChI is InChI=1S/C23H20ClF3N6O/c1-34-20-8-15(6-7-19(20)32-11-21(24)28-12-32)29-23-30-22-16(13-2-4-14(25)5-3-13)9-17(26)18(27)10-33(22)31-23/h2-8,11-12,16-18H,9-10H2,1H3,(H,29,31)/t16-,17+,18-/m0/s1. The lowest BCUT2D eigenvalue weighted by molar-refractivity contribution is 0.144. The lowest BCUT2D eigenvalue weighted by atomic mass is 9.92. The fourth-order valence-electron chi connectivity index (χ4n) is 4.07. The number of methoxy groups -OCH3 is 1. The van der Waals surface area contributed by atoms with Crippen LogP contribution in [0.1, 0.15) is 23.7 Å². The van der Waals surface area contributed by atoms with Crippen molar-refractivity contribution in [2.24, 2.45) is 0 Å². The Morgan fingerprint density at radius 1 is 1.12 bits per heavy atom. The quantitative estimate of drug-likeness (QED) is 0.417. The van der Waals surface area contributed by atoms with Crippen LogP contribution in [0, 0.1) is 5.82 Å². The largest absolute Gasteiger partial charge is 0.494 e. The van der Waals surface area contributed by atoms with Gasteiger partial charge >= 0.3 is 0 Å². The topological polar surface area (TPSA) is 69.8 Å². The molecule has 0 fully saturated rings. The first kappa shape index (κ1) is 22.3. The van der Waals surface area contributed by atoms with E-state index in [1.54, 1.807) is 48.5 Å². The van der Waals surface area contributed by atoms with E-state index in [9.17, 15) is 13.2 Å². The number of alkyl halides is 2. The predicted molar refractivity (Wildman–Crippen MR) is 121 cm³/mol. The molecule has 0 saturated carbocycles. The maximum atomic E-state index is 14.4. The monoisotopic (exact) mass is 488 g/mol. The van der Waals surface area contributed by atoms with Gasteiger partial charge in [0.2, 0.25) is 5.95 Å². The molecule has 0 radical (unpaired) electrons. The highest BCUT2D eigenvalue weighted by atomic mass is 35.5. The van der Waals surface area contributed by atoms with Gasteiger partial charge in [0.25, 0.3) is 0 Å². The minimum absolute atomic E-state index is 0.110. The van der Waals surface area contributed by atoms with E-state index in [0.717, 1.165) is 5.69 Å². The van der Waals surface area contributed by atoms with Crippen LogP contribution in [0.5, 0.6) is 5.75 Å². The average Bonchev–Trinajstić information content (AvgIpc) is 3.41. The van der Waals surface area contributed by atoms with Crippen molar-refractivity contribution >= 4 is 23.2 Å². The minimum atomic E-state index is -1.72. The molecule has 34 heavy (non-hydrogen) atoms. The number of hydrogen-bond acceptors (Lipinski definition) is 5. The minimum Gasteiger partial charge on any atom is -0.494 e. The number of hydrogen-bond donors (Lipinski definition) is 1. The van der Waals surface area contributed by atoms with Crippen LogP contribution in [0.15, 0.2) is 55.0 Å². The van der Waals surface area contributed by atoms with Crippen LogP contribution >= 0.6 is 11.6 Å². The fourth-order valence-corrected chi connectivity index (χ4v) is 4.21. The number of benzene rings is 2. The van der Waals surface area contributed by atoms with E-state index in [0.29, 0.717) is 28.0 Å². The number of imidazole rings is 1. The molecule has 1 aliphatic rings. The molecule has 4 aromatic rings. The molecule has 3 atom stereocenters. The molecule has 1 N–H and O–H groups in total. The zero-order chi connectivity index (χ0) is 23.8. The second kappa shape index (κ2) is 9.02. The summed E-state index contributed by atoms with van der Waals surface area (Å²) in [7, 11) is 1.54. The third-order valence-corrected chi connectivity index (χ3v) is 5.95. The van der Waals surface area contributed by atoms with Crippen LogP contribution in [0.3, 0.4) is 0 Å². The van der Waals surface area contributed by atoms with Crippen molar-refractivity contribution in [1.29, 1.82) is 0 Å². The first-order chi connectivity index (χ1) is 16.4. The SMILES string of the molecule is COc1cc(Nc2nc3n(n2)C[C@H](F)[C@H](F)C[C@H]3c2ccc(F)cc2)ccc1-n1cnc(Cl)c1. The van der Waals surface area contributed by atoms with Gasteiger partial charge in [0.1, 0.15) is 35.0 Å². The highest BCUT2D eigenvalue weighted by Gasteiger charge is 2.35. The van der Waals surface area contributed by atoms with Crippen LogP contribution in [0.25, 0.3) is 5.69 Å². The van der Waals surface area contributed by atoms with Gasteiger partial charge in [0, 0.05) is 23.9 Å². The van der Waals surface area contributed by atoms with E-state index in [1.807, 2.05) is 6.07 Å². The van der Waals surface area contributed by atoms with E-state index in [1.165, 1.54) is 16.8 Å². The lowest BCUT2D eigenvalue weighted by Crippen LogP contribution is -2.21. The molecule has 2 aromatic carbocycles. The number of ether oxygens (including phenoxy) is 1. The molecule has 2 aromatic heterocycles. The van der Waals surface area contributed by atoms with Gasteiger partial charge in [0.15, 0.2) is 6.17 Å². The van der Waals surface area contributed by atoms with Crippen molar-refractivity contribution in [3.05, 3.63) is 77.3 Å². The Labute approximate surface area is 198 Å². The smallest absolute Gasteiger partial charge is 0.246 e. The van der Waals surface area contributed by atoms with Crippen molar-refractivity contribution in [2.45, 2.75) is 31.2 Å². The molecule has 1 aliphatic heterocycles. The van der Waals surface area contributed by atoms with Crippen LogP contribution in [0.2, 0.25) is 5.15 Å². The molecule has 0 saturated heterocycles. The van der Waals surface area contributed by atoms with E-state index >= 15 is 0 Å². The summed E-state index contributed by atoms with van der Waals surface area (Å²) >= 11 is 5.92. The van der Waals surface area contributed by atoms with Crippen molar-refractivity contribution in [3.63, 3.8) is 0 Å². The number of nitrogens with one attached hydrogen (secondary N) is 1. The fraction of sp³-hybridized carbons (Fsp3) is 0.261. The Balaban J connectivity index is 1.46. The summed E-state index contributed by atoms with van der Waals surface area (Å²) in [5.41, 5.74) is 2.00. The maximum Gasteiger partial charge on any atom is 0.246 e. The molecule has 0 spiro atoms. The molecular formula is C23H20ClF3N6O. The second-order valence-electron chi connectivity index (χ2n) is 7.96. The van der Waals surface area contributed by atoms with Gasteiger partial charge in [-0.05, 0) is 36.2 Å². The van der Waals surface area contributed by atoms with Gasteiger partial charge in [-0.2, -0.15) is 4.98 Å². The molecule has 0 aliphatic carbocycles. The Morgan fingerprint density at radius 3 is 2.62 bits per heavy atom. The van der Waals surface area contributed by atoms with Gasteiger partial charge in [0.05, 0.1) is 19.3 Å². The summed E-state index contributed by atoms with van der Waals surface area (Å²) in [6, 6.07) is 11.1. The molecule has 0 unspecified atom stereocenters. The van der Waals surface area contributed by atoms with E-state index < -0.39 is 24.1 Å². The van der Waals surface area contributed by atoms with Crippen molar-refractivity contribution in [1.82, 2.24) is 24.3 Å². The number of aromatic nitrogens is 5. The molecule has 11 heteroatoms. The molecule has 7 nitrogen and oxygen atoms in total. The Hall–Kier alpha value is -3.53. The van der Waals surface area contributed by atoms with Crippen LogP contribution < -0.4 is 10.1 Å². The third-order valence-electron chi connectivity index (χ3n) is 5.75. The van der Waals surface area contributed by atoms with Gasteiger partial charge in [-0.25, -0.2) is 22.8 Å². The Bertz CT molecular complexity index is 1310. The summed E-state index contributed by atoms with van der Waals surface area (Å²) in [6.07, 6.45) is -0.284. The third kappa shape index (κ3) is 4.33. The van der Waals surface area contributed by atoms with Gasteiger partial charge in [-0.3, -0.25) is 0 Å². The van der Waals surface area contributed by atoms with Crippen molar-refractivity contribution in [2.75, 3.05) is 12.4 Å². The van der Waals surface area contributed by atoms with E-state index in [4.69, 9.17) is 16.3 Å². The summed E-state index contributed by atoms with van der Waals surface area (Å²) in [4.78, 5) is 8.54. The normalized spacial score (nSPS) is 20.0. The first-order valence-electron chi connectivity index (χ1n) is 10.5. The van der Waals surface area contributed by atoms with Gasteiger partial charge < -0.3 is 14.6 Å². The van der Waals surface area contributed by atoms with Crippen molar-refractivity contribution < 1.29 is 17.9 Å². The zero-order valence-corrected chi connectivity index (χ0v) is 18.8. The number of nitrogens with zero attached hydrogens (tertiary/aromatic N) is 5. The number of halogens is 4. The maximum absolute atomic E-state index is 14.4. The molecule has 5 rings (SSSR count). The molecular weight excluding hydrogens is 469 g/mol. The second-order valence-corrected chi connectivity index (χ2v) is 8.35. The molecule has 0 bridgehead atoms. The lowest BCUT2D eigenvalue weighted by Gasteiger charge is -2.16. The van der Waals surface area contributed by atoms with Crippen LogP contribution in [-0.4, -0.2) is 43.8 Å². The molecule has 176 valence electrons. The van der Waals surface area contributed by atoms with Gasteiger partial charge in [-0.15, -0.1) is 5.10 Å². The predicted octanol–water partition coefficient (Wildman–Crippen LogP) is 5.22. The average molecular weight is 489 g/mol. The first-order valence-corrected chi connectivity index (χ1v) is 10.9. The van der Waals surface area contributed by atoms with Gasteiger partial charge in [-0.1, -0.05) is 23.7 Å². The number of fused-ring (bicyclic) bond motifs is 1. The molecule has 3 heterocycles. The molecule has 0 amide bonds. The highest BCUT2D eigenvalue weighted by Crippen LogP contribution is 2.35. The summed E-state index contributed by atoms with van der Waals surface area (Å²) in [6.45, 7) is -0.257. The van der Waals surface area contributed by atoms with Crippen molar-refractivity contribution in [3.8, 4) is 11.4 Å². The van der Waals surface area contributed by atoms with Crippen LogP contribution in [-0.2, 0) is 6.54 Å². The number of anilines is 2. The van der Waals surface area contributed by atoms with Crippen LogP contribution in [0.4, 0.5) is 24.8 Å². The Kier molecular flexibility index (Phi) is 5.91. The van der Waals surface area contributed by atoms with E-state index in [2.05, 4.69) is 20.4 Å². The summed E-state index contributed by atoms with van der Waals surface area (Å²) in [5, 5.41) is 7.81. The summed E-state index contributed by atoms with van der Waals surface area (Å²) in [5.74, 6) is 0.216. The Morgan fingerprint density at radius 2 is 1.91 bits per heavy atom. The van der Waals surface area contributed by atoms with E-state index in [-0.39, 0.29) is 18.9 Å².